The van der Waals surface area contributed by atoms with E-state index in [9.17, 15) is 0 Å². The maximum absolute atomic E-state index is 5.90. The molecule has 0 atom stereocenters. The summed E-state index contributed by atoms with van der Waals surface area (Å²) in [4.78, 5) is 11.2. The van der Waals surface area contributed by atoms with Crippen LogP contribution in [0.1, 0.15) is 19.7 Å². The van der Waals surface area contributed by atoms with Crippen molar-refractivity contribution in [3.8, 4) is 0 Å². The molecule has 0 fully saturated rings. The molecular weight excluding hydrogens is 310 g/mol. The summed E-state index contributed by atoms with van der Waals surface area (Å²) in [5.41, 5.74) is 0.946. The van der Waals surface area contributed by atoms with E-state index in [0.29, 0.717) is 5.02 Å². The van der Waals surface area contributed by atoms with Crippen LogP contribution in [0.3, 0.4) is 0 Å². The molecule has 23 heavy (non-hydrogen) atoms. The molecule has 2 rings (SSSR count). The van der Waals surface area contributed by atoms with Crippen molar-refractivity contribution in [2.24, 2.45) is 0 Å². The van der Waals surface area contributed by atoms with Crippen LogP contribution in [0, 0.1) is 6.92 Å². The highest BCUT2D eigenvalue weighted by atomic mass is 35.5. The molecule has 1 aromatic heterocycles. The Morgan fingerprint density at radius 1 is 1.04 bits per heavy atom. The number of benzene rings is 1. The van der Waals surface area contributed by atoms with Crippen molar-refractivity contribution in [1.29, 1.82) is 0 Å². The molecule has 2 aromatic rings. The molecule has 0 amide bonds. The van der Waals surface area contributed by atoms with E-state index in [2.05, 4.69) is 39.3 Å². The van der Waals surface area contributed by atoms with Crippen LogP contribution >= 0.6 is 11.6 Å². The van der Waals surface area contributed by atoms with E-state index in [0.717, 1.165) is 49.3 Å². The van der Waals surface area contributed by atoms with Crippen molar-refractivity contribution >= 4 is 28.9 Å². The van der Waals surface area contributed by atoms with Crippen molar-refractivity contribution in [1.82, 2.24) is 14.9 Å². The molecule has 0 bridgehead atoms. The fourth-order valence-corrected chi connectivity index (χ4v) is 2.41. The van der Waals surface area contributed by atoms with E-state index < -0.39 is 0 Å². The van der Waals surface area contributed by atoms with Gasteiger partial charge in [0.25, 0.3) is 0 Å². The topological polar surface area (TPSA) is 53.1 Å². The molecule has 0 aliphatic carbocycles. The maximum Gasteiger partial charge on any atom is 0.136 e. The van der Waals surface area contributed by atoms with Crippen LogP contribution in [-0.4, -0.2) is 41.0 Å². The number of aryl methyl sites for hydroxylation is 1. The first-order valence-corrected chi connectivity index (χ1v) is 8.33. The lowest BCUT2D eigenvalue weighted by atomic mass is 10.3. The minimum Gasteiger partial charge on any atom is -0.369 e. The molecule has 124 valence electrons. The number of halogens is 1. The Morgan fingerprint density at radius 3 is 2.35 bits per heavy atom. The zero-order valence-corrected chi connectivity index (χ0v) is 14.7. The molecule has 0 aliphatic rings. The average molecular weight is 334 g/mol. The summed E-state index contributed by atoms with van der Waals surface area (Å²) >= 11 is 5.90. The van der Waals surface area contributed by atoms with Crippen molar-refractivity contribution in [2.75, 3.05) is 36.8 Å². The van der Waals surface area contributed by atoms with Gasteiger partial charge in [-0.25, -0.2) is 9.97 Å². The predicted octanol–water partition coefficient (Wildman–Crippen LogP) is 3.94. The molecule has 0 saturated heterocycles. The zero-order chi connectivity index (χ0) is 16.7. The molecule has 0 aliphatic heterocycles. The third-order valence-corrected chi connectivity index (χ3v) is 3.84. The summed E-state index contributed by atoms with van der Waals surface area (Å²) in [7, 11) is 0. The number of likely N-dealkylation sites (N-methyl/N-ethyl adjacent to an activating group) is 1. The molecule has 0 spiro atoms. The second-order valence-electron chi connectivity index (χ2n) is 5.27. The minimum atomic E-state index is 0.716. The third-order valence-electron chi connectivity index (χ3n) is 3.58. The van der Waals surface area contributed by atoms with Crippen molar-refractivity contribution in [3.05, 3.63) is 41.2 Å². The number of anilines is 3. The van der Waals surface area contributed by atoms with E-state index in [1.165, 1.54) is 0 Å². The summed E-state index contributed by atoms with van der Waals surface area (Å²) in [6.45, 7) is 10.2. The Hall–Kier alpha value is -1.85. The van der Waals surface area contributed by atoms with E-state index in [-0.39, 0.29) is 0 Å². The average Bonchev–Trinajstić information content (AvgIpc) is 2.53. The van der Waals surface area contributed by atoms with E-state index >= 15 is 0 Å². The Kier molecular flexibility index (Phi) is 6.62. The first-order chi connectivity index (χ1) is 11.1. The monoisotopic (exact) mass is 333 g/mol. The largest absolute Gasteiger partial charge is 0.369 e. The number of hydrogen-bond acceptors (Lipinski definition) is 5. The SMILES string of the molecule is CCN(CC)CCNc1cc(Nc2ccc(Cl)cc2)nc(C)n1. The molecule has 0 unspecified atom stereocenters. The highest BCUT2D eigenvalue weighted by Crippen LogP contribution is 2.19. The van der Waals surface area contributed by atoms with Gasteiger partial charge in [-0.3, -0.25) is 0 Å². The Bertz CT molecular complexity index is 611. The zero-order valence-electron chi connectivity index (χ0n) is 13.9. The summed E-state index contributed by atoms with van der Waals surface area (Å²) in [5.74, 6) is 2.33. The van der Waals surface area contributed by atoms with E-state index in [1.54, 1.807) is 0 Å². The van der Waals surface area contributed by atoms with Crippen LogP contribution < -0.4 is 10.6 Å². The maximum atomic E-state index is 5.90. The quantitative estimate of drug-likeness (QED) is 0.766. The number of aromatic nitrogens is 2. The van der Waals surface area contributed by atoms with Gasteiger partial charge >= 0.3 is 0 Å². The number of rotatable bonds is 8. The molecule has 1 heterocycles. The second-order valence-corrected chi connectivity index (χ2v) is 5.71. The minimum absolute atomic E-state index is 0.716. The molecule has 0 radical (unpaired) electrons. The van der Waals surface area contributed by atoms with Gasteiger partial charge in [0.05, 0.1) is 0 Å². The van der Waals surface area contributed by atoms with Crippen LogP contribution in [0.15, 0.2) is 30.3 Å². The van der Waals surface area contributed by atoms with Crippen LogP contribution in [0.25, 0.3) is 0 Å². The number of hydrogen-bond donors (Lipinski definition) is 2. The highest BCUT2D eigenvalue weighted by molar-refractivity contribution is 6.30. The van der Waals surface area contributed by atoms with Gasteiger partial charge in [0.1, 0.15) is 17.5 Å². The molecule has 1 aromatic carbocycles. The van der Waals surface area contributed by atoms with Gasteiger partial charge in [-0.15, -0.1) is 0 Å². The fourth-order valence-electron chi connectivity index (χ4n) is 2.29. The van der Waals surface area contributed by atoms with Crippen LogP contribution in [0.5, 0.6) is 0 Å². The van der Waals surface area contributed by atoms with Crippen molar-refractivity contribution in [3.63, 3.8) is 0 Å². The molecular formula is C17H24ClN5. The molecule has 2 N–H and O–H groups in total. The van der Waals surface area contributed by atoms with Gasteiger partial charge in [0, 0.05) is 29.9 Å². The van der Waals surface area contributed by atoms with Gasteiger partial charge < -0.3 is 15.5 Å². The highest BCUT2D eigenvalue weighted by Gasteiger charge is 2.04. The Labute approximate surface area is 143 Å². The van der Waals surface area contributed by atoms with Gasteiger partial charge in [0.2, 0.25) is 0 Å². The summed E-state index contributed by atoms with van der Waals surface area (Å²) in [6.07, 6.45) is 0. The Balaban J connectivity index is 1.99. The summed E-state index contributed by atoms with van der Waals surface area (Å²) in [6, 6.07) is 9.46. The lowest BCUT2D eigenvalue weighted by Gasteiger charge is -2.18. The smallest absolute Gasteiger partial charge is 0.136 e. The summed E-state index contributed by atoms with van der Waals surface area (Å²) < 4.78 is 0. The molecule has 6 heteroatoms. The first-order valence-electron chi connectivity index (χ1n) is 7.95. The second kappa shape index (κ2) is 8.70. The standard InChI is InChI=1S/C17H24ClN5/c1-4-23(5-2)11-10-19-16-12-17(21-13(3)20-16)22-15-8-6-14(18)7-9-15/h6-9,12H,4-5,10-11H2,1-3H3,(H2,19,20,21,22). The third kappa shape index (κ3) is 5.69. The van der Waals surface area contributed by atoms with Gasteiger partial charge in [-0.1, -0.05) is 25.4 Å². The Morgan fingerprint density at radius 2 is 1.70 bits per heavy atom. The fraction of sp³-hybridized carbons (Fsp3) is 0.412. The van der Waals surface area contributed by atoms with Crippen LogP contribution in [0.4, 0.5) is 17.3 Å². The molecule has 5 nitrogen and oxygen atoms in total. The van der Waals surface area contributed by atoms with E-state index in [4.69, 9.17) is 11.6 Å². The van der Waals surface area contributed by atoms with Crippen molar-refractivity contribution < 1.29 is 0 Å². The first kappa shape index (κ1) is 17.5. The molecule has 0 saturated carbocycles. The van der Waals surface area contributed by atoms with Gasteiger partial charge in [-0.2, -0.15) is 0 Å². The normalized spacial score (nSPS) is 10.8. The van der Waals surface area contributed by atoms with E-state index in [1.807, 2.05) is 37.3 Å². The number of nitrogens with zero attached hydrogens (tertiary/aromatic N) is 3. The lowest BCUT2D eigenvalue weighted by molar-refractivity contribution is 0.316. The van der Waals surface area contributed by atoms with Crippen LogP contribution in [-0.2, 0) is 0 Å². The lowest BCUT2D eigenvalue weighted by Crippen LogP contribution is -2.28. The van der Waals surface area contributed by atoms with Gasteiger partial charge in [0.15, 0.2) is 0 Å². The van der Waals surface area contributed by atoms with Crippen LogP contribution in [0.2, 0.25) is 5.02 Å². The number of nitrogens with one attached hydrogen (secondary N) is 2. The summed E-state index contributed by atoms with van der Waals surface area (Å²) in [5, 5.41) is 7.36. The predicted molar refractivity (Wildman–Crippen MR) is 97.8 cm³/mol. The van der Waals surface area contributed by atoms with Gasteiger partial charge in [-0.05, 0) is 44.3 Å². The van der Waals surface area contributed by atoms with Crippen molar-refractivity contribution in [2.45, 2.75) is 20.8 Å².